The molecule has 1 saturated heterocycles. The molecule has 2 aromatic heterocycles. The van der Waals surface area contributed by atoms with Gasteiger partial charge in [-0.2, -0.15) is 0 Å². The Bertz CT molecular complexity index is 1040. The van der Waals surface area contributed by atoms with E-state index in [9.17, 15) is 9.59 Å². The Kier molecular flexibility index (Phi) is 3.84. The van der Waals surface area contributed by atoms with Crippen LogP contribution in [-0.4, -0.2) is 26.4 Å². The summed E-state index contributed by atoms with van der Waals surface area (Å²) in [6, 6.07) is 9.84. The molecule has 3 heterocycles. The highest BCUT2D eigenvalue weighted by molar-refractivity contribution is 5.93. The minimum absolute atomic E-state index is 0.144. The maximum Gasteiger partial charge on any atom is 0.330 e. The van der Waals surface area contributed by atoms with Gasteiger partial charge in [0.15, 0.2) is 0 Å². The average Bonchev–Trinajstić information content (AvgIpc) is 3.27. The van der Waals surface area contributed by atoms with Gasteiger partial charge in [-0.15, -0.1) is 0 Å². The van der Waals surface area contributed by atoms with E-state index in [0.29, 0.717) is 17.4 Å². The van der Waals surface area contributed by atoms with E-state index in [4.69, 9.17) is 4.74 Å². The average molecular weight is 339 g/mol. The smallest absolute Gasteiger partial charge is 0.330 e. The Morgan fingerprint density at radius 1 is 1.12 bits per heavy atom. The van der Waals surface area contributed by atoms with Crippen molar-refractivity contribution in [2.45, 2.75) is 25.5 Å². The first-order valence-electron chi connectivity index (χ1n) is 8.54. The van der Waals surface area contributed by atoms with Gasteiger partial charge in [0.1, 0.15) is 0 Å². The van der Waals surface area contributed by atoms with Crippen LogP contribution in [0.2, 0.25) is 0 Å². The van der Waals surface area contributed by atoms with Gasteiger partial charge in [0, 0.05) is 33.4 Å². The second-order valence-corrected chi connectivity index (χ2v) is 6.60. The van der Waals surface area contributed by atoms with Crippen LogP contribution >= 0.6 is 0 Å². The summed E-state index contributed by atoms with van der Waals surface area (Å²) in [6.45, 7) is 1.46. The molecule has 1 unspecified atom stereocenters. The molecule has 0 aliphatic carbocycles. The summed E-state index contributed by atoms with van der Waals surface area (Å²) in [5.41, 5.74) is 1.90. The minimum atomic E-state index is -0.314. The molecule has 0 saturated carbocycles. The highest BCUT2D eigenvalue weighted by Crippen LogP contribution is 2.29. The van der Waals surface area contributed by atoms with Crippen molar-refractivity contribution in [2.75, 3.05) is 6.61 Å². The van der Waals surface area contributed by atoms with Crippen LogP contribution in [0.4, 0.5) is 0 Å². The van der Waals surface area contributed by atoms with Gasteiger partial charge in [0.25, 0.3) is 5.56 Å². The van der Waals surface area contributed by atoms with Crippen molar-refractivity contribution in [2.24, 2.45) is 14.1 Å². The van der Waals surface area contributed by atoms with E-state index in [1.807, 2.05) is 36.5 Å². The summed E-state index contributed by atoms with van der Waals surface area (Å²) < 4.78 is 10.6. The molecular weight excluding hydrogens is 318 g/mol. The summed E-state index contributed by atoms with van der Waals surface area (Å²) in [5.74, 6) is 0. The largest absolute Gasteiger partial charge is 0.376 e. The maximum atomic E-state index is 12.9. The summed E-state index contributed by atoms with van der Waals surface area (Å²) in [6.07, 6.45) is 4.12. The van der Waals surface area contributed by atoms with Gasteiger partial charge in [-0.25, -0.2) is 4.79 Å². The summed E-state index contributed by atoms with van der Waals surface area (Å²) in [4.78, 5) is 25.1. The van der Waals surface area contributed by atoms with E-state index in [1.165, 1.54) is 16.2 Å². The fourth-order valence-corrected chi connectivity index (χ4v) is 3.65. The zero-order valence-electron chi connectivity index (χ0n) is 14.4. The summed E-state index contributed by atoms with van der Waals surface area (Å²) >= 11 is 0. The highest BCUT2D eigenvalue weighted by Gasteiger charge is 2.22. The fraction of sp³-hybridized carbons (Fsp3) is 0.368. The number of aromatic nitrogens is 3. The normalized spacial score (nSPS) is 17.4. The number of benzene rings is 1. The summed E-state index contributed by atoms with van der Waals surface area (Å²) in [5, 5.41) is 0.578. The van der Waals surface area contributed by atoms with Crippen LogP contribution < -0.4 is 11.2 Å². The second-order valence-electron chi connectivity index (χ2n) is 6.60. The van der Waals surface area contributed by atoms with Gasteiger partial charge >= 0.3 is 5.69 Å². The molecule has 1 aliphatic heterocycles. The van der Waals surface area contributed by atoms with Crippen molar-refractivity contribution in [1.82, 2.24) is 13.7 Å². The predicted octanol–water partition coefficient (Wildman–Crippen LogP) is 1.88. The van der Waals surface area contributed by atoms with E-state index < -0.39 is 0 Å². The number of nitrogens with zero attached hydrogens (tertiary/aromatic N) is 3. The van der Waals surface area contributed by atoms with Crippen LogP contribution in [0.15, 0.2) is 46.1 Å². The molecule has 1 fully saturated rings. The van der Waals surface area contributed by atoms with E-state index in [0.717, 1.165) is 30.7 Å². The number of ether oxygens (including phenoxy) is 1. The fourth-order valence-electron chi connectivity index (χ4n) is 3.65. The molecule has 0 N–H and O–H groups in total. The summed E-state index contributed by atoms with van der Waals surface area (Å²) in [7, 11) is 3.23. The lowest BCUT2D eigenvalue weighted by Gasteiger charge is -2.14. The zero-order chi connectivity index (χ0) is 17.6. The lowest BCUT2D eigenvalue weighted by molar-refractivity contribution is 0.0975. The molecule has 1 aromatic carbocycles. The van der Waals surface area contributed by atoms with Gasteiger partial charge < -0.3 is 9.30 Å². The van der Waals surface area contributed by atoms with E-state index in [1.54, 1.807) is 7.05 Å². The minimum Gasteiger partial charge on any atom is -0.376 e. The Labute approximate surface area is 144 Å². The van der Waals surface area contributed by atoms with E-state index in [-0.39, 0.29) is 17.4 Å². The number of fused-ring (bicyclic) bond motifs is 1. The van der Waals surface area contributed by atoms with Crippen molar-refractivity contribution >= 4 is 10.9 Å². The third-order valence-corrected chi connectivity index (χ3v) is 4.98. The first kappa shape index (κ1) is 15.9. The van der Waals surface area contributed by atoms with Gasteiger partial charge in [-0.1, -0.05) is 30.3 Å². The molecule has 6 heteroatoms. The van der Waals surface area contributed by atoms with Crippen LogP contribution in [-0.2, 0) is 25.4 Å². The Morgan fingerprint density at radius 3 is 2.56 bits per heavy atom. The molecule has 1 atom stereocenters. The van der Waals surface area contributed by atoms with E-state index in [2.05, 4.69) is 4.57 Å². The molecular formula is C19H21N3O3. The number of rotatable bonds is 3. The topological polar surface area (TPSA) is 58.2 Å². The predicted molar refractivity (Wildman–Crippen MR) is 96.8 cm³/mol. The van der Waals surface area contributed by atoms with Gasteiger partial charge in [-0.3, -0.25) is 13.9 Å². The van der Waals surface area contributed by atoms with Gasteiger partial charge in [0.05, 0.1) is 22.7 Å². The maximum absolute atomic E-state index is 12.9. The lowest BCUT2D eigenvalue weighted by Crippen LogP contribution is -2.36. The molecule has 0 bridgehead atoms. The first-order chi connectivity index (χ1) is 12.1. The van der Waals surface area contributed by atoms with Crippen molar-refractivity contribution < 1.29 is 4.74 Å². The molecule has 3 aromatic rings. The molecule has 25 heavy (non-hydrogen) atoms. The number of aryl methyl sites for hydroxylation is 1. The molecule has 1 aliphatic rings. The molecule has 0 spiro atoms. The zero-order valence-corrected chi connectivity index (χ0v) is 14.4. The Balaban J connectivity index is 2.03. The molecule has 6 nitrogen and oxygen atoms in total. The standard InChI is InChI=1S/C19H21N3O3/c1-20-15-12-22(11-14-9-6-10-25-14)17(13-7-4-3-5-8-13)16(15)18(23)21(2)19(20)24/h3-5,7-8,12,14H,6,9-11H2,1-2H3. The molecule has 4 rings (SSSR count). The van der Waals surface area contributed by atoms with Crippen LogP contribution in [0.1, 0.15) is 12.8 Å². The third kappa shape index (κ3) is 2.53. The molecule has 130 valence electrons. The van der Waals surface area contributed by atoms with Crippen LogP contribution in [0, 0.1) is 0 Å². The third-order valence-electron chi connectivity index (χ3n) is 4.98. The van der Waals surface area contributed by atoms with Crippen molar-refractivity contribution in [3.8, 4) is 11.3 Å². The van der Waals surface area contributed by atoms with Crippen molar-refractivity contribution in [1.29, 1.82) is 0 Å². The van der Waals surface area contributed by atoms with Crippen LogP contribution in [0.3, 0.4) is 0 Å². The monoisotopic (exact) mass is 339 g/mol. The number of hydrogen-bond acceptors (Lipinski definition) is 3. The Hall–Kier alpha value is -2.60. The molecule has 0 radical (unpaired) electrons. The van der Waals surface area contributed by atoms with Crippen LogP contribution in [0.5, 0.6) is 0 Å². The Morgan fingerprint density at radius 2 is 1.88 bits per heavy atom. The molecule has 0 amide bonds. The SMILES string of the molecule is Cn1c(=O)c2c(-c3ccccc3)n(CC3CCCO3)cc2n(C)c1=O. The van der Waals surface area contributed by atoms with Crippen molar-refractivity contribution in [3.63, 3.8) is 0 Å². The van der Waals surface area contributed by atoms with Crippen LogP contribution in [0.25, 0.3) is 22.2 Å². The number of hydrogen-bond donors (Lipinski definition) is 0. The van der Waals surface area contributed by atoms with E-state index >= 15 is 0 Å². The van der Waals surface area contributed by atoms with Gasteiger partial charge in [0.2, 0.25) is 0 Å². The quantitative estimate of drug-likeness (QED) is 0.732. The second kappa shape index (κ2) is 6.04. The van der Waals surface area contributed by atoms with Gasteiger partial charge in [-0.05, 0) is 18.4 Å². The lowest BCUT2D eigenvalue weighted by atomic mass is 10.1. The van der Waals surface area contributed by atoms with Crippen molar-refractivity contribution in [3.05, 3.63) is 57.4 Å². The first-order valence-corrected chi connectivity index (χ1v) is 8.54. The highest BCUT2D eigenvalue weighted by atomic mass is 16.5.